The van der Waals surface area contributed by atoms with Gasteiger partial charge in [0, 0.05) is 0 Å². The molecule has 0 spiro atoms. The van der Waals surface area contributed by atoms with Gasteiger partial charge in [-0.05, 0) is 79.3 Å². The number of carbonyl (C=O) groups is 1. The average Bonchev–Trinajstić information content (AvgIpc) is 2.68. The Kier molecular flexibility index (Phi) is 5.71. The monoisotopic (exact) mass is 363 g/mol. The van der Waals surface area contributed by atoms with Gasteiger partial charge in [-0.15, -0.1) is 0 Å². The van der Waals surface area contributed by atoms with E-state index >= 15 is 0 Å². The lowest BCUT2D eigenvalue weighted by molar-refractivity contribution is 0.0697. The maximum atomic E-state index is 14.1. The maximum absolute atomic E-state index is 14.1. The minimum absolute atomic E-state index is 0.0471. The largest absolute Gasteiger partial charge is 0.478 e. The molecule has 0 aliphatic heterocycles. The van der Waals surface area contributed by atoms with Gasteiger partial charge in [0.25, 0.3) is 0 Å². The summed E-state index contributed by atoms with van der Waals surface area (Å²) in [5.74, 6) is -0.672. The normalized spacial score (nSPS) is 19.7. The molecule has 2 aromatic rings. The zero-order valence-corrected chi connectivity index (χ0v) is 15.3. The topological polar surface area (TPSA) is 61.1 Å². The SMILES string of the molecule is CC=C[C@H]1CC[C@H](c2ccc(C(=O)O)c(-c3ccc(C#N)c(F)c3)c2)CC1. The zero-order chi connectivity index (χ0) is 19.4. The van der Waals surface area contributed by atoms with Crippen LogP contribution in [0.25, 0.3) is 11.1 Å². The molecule has 1 aliphatic rings. The lowest BCUT2D eigenvalue weighted by Gasteiger charge is -2.27. The summed E-state index contributed by atoms with van der Waals surface area (Å²) in [7, 11) is 0. The Morgan fingerprint density at radius 2 is 1.93 bits per heavy atom. The highest BCUT2D eigenvalue weighted by atomic mass is 19.1. The van der Waals surface area contributed by atoms with Gasteiger partial charge < -0.3 is 5.11 Å². The molecule has 0 unspecified atom stereocenters. The Hall–Kier alpha value is -2.93. The fraction of sp³-hybridized carbons (Fsp3) is 0.304. The second-order valence-electron chi connectivity index (χ2n) is 7.05. The second kappa shape index (κ2) is 8.18. The molecule has 1 aliphatic carbocycles. The predicted octanol–water partition coefficient (Wildman–Crippen LogP) is 5.91. The fourth-order valence-electron chi connectivity index (χ4n) is 3.93. The van der Waals surface area contributed by atoms with Crippen LogP contribution in [-0.4, -0.2) is 11.1 Å². The fourth-order valence-corrected chi connectivity index (χ4v) is 3.93. The molecule has 27 heavy (non-hydrogen) atoms. The van der Waals surface area contributed by atoms with Crippen molar-refractivity contribution in [3.05, 3.63) is 71.1 Å². The first-order valence-corrected chi connectivity index (χ1v) is 9.23. The lowest BCUT2D eigenvalue weighted by Crippen LogP contribution is -2.12. The van der Waals surface area contributed by atoms with Crippen LogP contribution in [0.3, 0.4) is 0 Å². The second-order valence-corrected chi connectivity index (χ2v) is 7.05. The molecule has 0 bridgehead atoms. The van der Waals surface area contributed by atoms with Crippen molar-refractivity contribution >= 4 is 5.97 Å². The van der Waals surface area contributed by atoms with E-state index in [0.717, 1.165) is 31.2 Å². The van der Waals surface area contributed by atoms with Gasteiger partial charge in [0.15, 0.2) is 0 Å². The van der Waals surface area contributed by atoms with E-state index in [2.05, 4.69) is 12.2 Å². The first kappa shape index (κ1) is 18.8. The highest BCUT2D eigenvalue weighted by molar-refractivity contribution is 5.96. The minimum atomic E-state index is -1.04. The van der Waals surface area contributed by atoms with Crippen molar-refractivity contribution in [1.29, 1.82) is 5.26 Å². The predicted molar refractivity (Wildman–Crippen MR) is 103 cm³/mol. The number of carboxylic acid groups (broad SMARTS) is 1. The molecule has 4 heteroatoms. The third kappa shape index (κ3) is 4.09. The average molecular weight is 363 g/mol. The van der Waals surface area contributed by atoms with Crippen LogP contribution in [0.2, 0.25) is 0 Å². The quantitative estimate of drug-likeness (QED) is 0.687. The van der Waals surface area contributed by atoms with E-state index in [1.807, 2.05) is 19.1 Å². The molecule has 1 saturated carbocycles. The van der Waals surface area contributed by atoms with E-state index in [1.165, 1.54) is 12.1 Å². The van der Waals surface area contributed by atoms with Crippen LogP contribution in [0.1, 0.15) is 60.0 Å². The summed E-state index contributed by atoms with van der Waals surface area (Å²) >= 11 is 0. The van der Waals surface area contributed by atoms with Gasteiger partial charge in [-0.1, -0.05) is 30.4 Å². The summed E-state index contributed by atoms with van der Waals surface area (Å²) in [5.41, 5.74) is 2.17. The number of allylic oxidation sites excluding steroid dienone is 2. The highest BCUT2D eigenvalue weighted by Gasteiger charge is 2.23. The lowest BCUT2D eigenvalue weighted by atomic mass is 9.78. The molecular formula is C23H22FNO2. The van der Waals surface area contributed by atoms with Crippen molar-refractivity contribution in [2.75, 3.05) is 0 Å². The first-order chi connectivity index (χ1) is 13.0. The number of benzene rings is 2. The Morgan fingerprint density at radius 1 is 1.19 bits per heavy atom. The summed E-state index contributed by atoms with van der Waals surface area (Å²) in [6.45, 7) is 2.04. The van der Waals surface area contributed by atoms with Crippen LogP contribution in [0, 0.1) is 23.1 Å². The van der Waals surface area contributed by atoms with Crippen molar-refractivity contribution in [3.63, 3.8) is 0 Å². The summed E-state index contributed by atoms with van der Waals surface area (Å²) in [6, 6.07) is 11.4. The molecule has 0 saturated heterocycles. The number of halogens is 1. The van der Waals surface area contributed by atoms with E-state index in [-0.39, 0.29) is 11.1 Å². The number of hydrogen-bond acceptors (Lipinski definition) is 2. The van der Waals surface area contributed by atoms with Crippen molar-refractivity contribution < 1.29 is 14.3 Å². The zero-order valence-electron chi connectivity index (χ0n) is 15.3. The maximum Gasteiger partial charge on any atom is 0.336 e. The van der Waals surface area contributed by atoms with E-state index in [9.17, 15) is 14.3 Å². The molecule has 3 nitrogen and oxygen atoms in total. The number of nitrogens with zero attached hydrogens (tertiary/aromatic N) is 1. The van der Waals surface area contributed by atoms with E-state index in [1.54, 1.807) is 18.2 Å². The molecule has 0 radical (unpaired) electrons. The molecule has 1 N–H and O–H groups in total. The van der Waals surface area contributed by atoms with Gasteiger partial charge in [0.2, 0.25) is 0 Å². The van der Waals surface area contributed by atoms with E-state index < -0.39 is 11.8 Å². The summed E-state index contributed by atoms with van der Waals surface area (Å²) in [5, 5.41) is 18.4. The van der Waals surface area contributed by atoms with Crippen LogP contribution >= 0.6 is 0 Å². The van der Waals surface area contributed by atoms with Crippen LogP contribution in [0.15, 0.2) is 48.6 Å². The van der Waals surface area contributed by atoms with Crippen molar-refractivity contribution in [1.82, 2.24) is 0 Å². The van der Waals surface area contributed by atoms with Gasteiger partial charge in [0.1, 0.15) is 11.9 Å². The third-order valence-electron chi connectivity index (χ3n) is 5.38. The summed E-state index contributed by atoms with van der Waals surface area (Å²) in [6.07, 6.45) is 8.72. The molecule has 2 aromatic carbocycles. The van der Waals surface area contributed by atoms with Crippen molar-refractivity contribution in [2.45, 2.75) is 38.5 Å². The molecule has 0 aromatic heterocycles. The van der Waals surface area contributed by atoms with Crippen LogP contribution in [0.5, 0.6) is 0 Å². The van der Waals surface area contributed by atoms with Gasteiger partial charge in [-0.3, -0.25) is 0 Å². The molecule has 0 amide bonds. The number of nitriles is 1. The van der Waals surface area contributed by atoms with Gasteiger partial charge in [-0.2, -0.15) is 5.26 Å². The standard InChI is InChI=1S/C23H22FNO2/c1-2-3-15-4-6-16(7-5-15)17-10-11-20(23(26)27)21(12-17)18-8-9-19(14-25)22(24)13-18/h2-3,8-13,15-16H,4-7H2,1H3,(H,26,27)/t15-,16-. The third-order valence-corrected chi connectivity index (χ3v) is 5.38. The van der Waals surface area contributed by atoms with Gasteiger partial charge in [-0.25, -0.2) is 9.18 Å². The minimum Gasteiger partial charge on any atom is -0.478 e. The van der Waals surface area contributed by atoms with Crippen LogP contribution in [-0.2, 0) is 0 Å². The van der Waals surface area contributed by atoms with Crippen molar-refractivity contribution in [3.8, 4) is 17.2 Å². The first-order valence-electron chi connectivity index (χ1n) is 9.23. The number of carboxylic acids is 1. The molecule has 138 valence electrons. The van der Waals surface area contributed by atoms with Crippen LogP contribution in [0.4, 0.5) is 4.39 Å². The Morgan fingerprint density at radius 3 is 2.52 bits per heavy atom. The Bertz CT molecular complexity index is 918. The number of rotatable bonds is 4. The molecule has 3 rings (SSSR count). The number of hydrogen-bond donors (Lipinski definition) is 1. The number of aromatic carboxylic acids is 1. The highest BCUT2D eigenvalue weighted by Crippen LogP contribution is 2.38. The molecule has 0 atom stereocenters. The van der Waals surface area contributed by atoms with Gasteiger partial charge >= 0.3 is 5.97 Å². The molecular weight excluding hydrogens is 341 g/mol. The molecule has 0 heterocycles. The smallest absolute Gasteiger partial charge is 0.336 e. The van der Waals surface area contributed by atoms with E-state index in [0.29, 0.717) is 23.0 Å². The van der Waals surface area contributed by atoms with E-state index in [4.69, 9.17) is 5.26 Å². The Balaban J connectivity index is 1.96. The summed E-state index contributed by atoms with van der Waals surface area (Å²) in [4.78, 5) is 11.7. The molecule has 1 fully saturated rings. The van der Waals surface area contributed by atoms with Gasteiger partial charge in [0.05, 0.1) is 11.1 Å². The Labute approximate surface area is 158 Å². The van der Waals surface area contributed by atoms with Crippen LogP contribution < -0.4 is 0 Å². The summed E-state index contributed by atoms with van der Waals surface area (Å²) < 4.78 is 14.1. The van der Waals surface area contributed by atoms with Crippen molar-refractivity contribution in [2.24, 2.45) is 5.92 Å².